The fourth-order valence-corrected chi connectivity index (χ4v) is 0.993. The van der Waals surface area contributed by atoms with E-state index in [1.165, 1.54) is 0 Å². The van der Waals surface area contributed by atoms with Gasteiger partial charge in [-0.15, -0.1) is 0 Å². The van der Waals surface area contributed by atoms with Crippen molar-refractivity contribution in [3.05, 3.63) is 34.2 Å². The molecule has 0 radical (unpaired) electrons. The van der Waals surface area contributed by atoms with Crippen LogP contribution in [0, 0.1) is 0 Å². The third-order valence-electron chi connectivity index (χ3n) is 1.62. The summed E-state index contributed by atoms with van der Waals surface area (Å²) in [6.45, 7) is 0.684. The lowest BCUT2D eigenvalue weighted by Gasteiger charge is -2.02. The zero-order chi connectivity index (χ0) is 9.52. The Hall–Kier alpha value is -1.74. The Morgan fingerprint density at radius 3 is 3.23 bits per heavy atom. The van der Waals surface area contributed by atoms with Gasteiger partial charge in [0.15, 0.2) is 0 Å². The van der Waals surface area contributed by atoms with E-state index < -0.39 is 0 Å². The molecular formula is C8H10N4O. The molecule has 68 valence electrons. The number of nitrogens with one attached hydrogen (secondary N) is 1. The largest absolute Gasteiger partial charge is 0.352 e. The SMILES string of the molecule is [N-]=[N+]=NCCNC(=O)C1=CC=CC1. The standard InChI is InChI=1S/C8H10N4O/c9-12-11-6-5-10-8(13)7-3-1-2-4-7/h1-3H,4-6H2,(H,10,13). The average Bonchev–Trinajstić information content (AvgIpc) is 2.65. The molecule has 1 amide bonds. The van der Waals surface area contributed by atoms with Gasteiger partial charge in [-0.05, 0) is 12.0 Å². The van der Waals surface area contributed by atoms with Crippen LogP contribution in [0.3, 0.4) is 0 Å². The van der Waals surface area contributed by atoms with Crippen LogP contribution in [0.5, 0.6) is 0 Å². The Balaban J connectivity index is 2.22. The van der Waals surface area contributed by atoms with E-state index >= 15 is 0 Å². The Bertz CT molecular complexity index is 299. The molecule has 0 atom stereocenters. The van der Waals surface area contributed by atoms with Crippen molar-refractivity contribution in [3.63, 3.8) is 0 Å². The lowest BCUT2D eigenvalue weighted by atomic mass is 10.2. The minimum Gasteiger partial charge on any atom is -0.352 e. The van der Waals surface area contributed by atoms with Crippen molar-refractivity contribution in [2.24, 2.45) is 5.11 Å². The third-order valence-corrected chi connectivity index (χ3v) is 1.62. The van der Waals surface area contributed by atoms with Crippen LogP contribution in [0.15, 0.2) is 28.9 Å². The molecule has 13 heavy (non-hydrogen) atoms. The second-order valence-electron chi connectivity index (χ2n) is 2.53. The molecule has 0 unspecified atom stereocenters. The number of hydrogen-bond acceptors (Lipinski definition) is 2. The molecular weight excluding hydrogens is 168 g/mol. The van der Waals surface area contributed by atoms with Crippen LogP contribution in [0.25, 0.3) is 10.4 Å². The van der Waals surface area contributed by atoms with Gasteiger partial charge in [0.2, 0.25) is 5.91 Å². The second kappa shape index (κ2) is 5.00. The van der Waals surface area contributed by atoms with E-state index in [1.54, 1.807) is 6.08 Å². The van der Waals surface area contributed by atoms with Crippen LogP contribution in [-0.2, 0) is 4.79 Å². The molecule has 0 aliphatic heterocycles. The third kappa shape index (κ3) is 3.01. The summed E-state index contributed by atoms with van der Waals surface area (Å²) in [4.78, 5) is 13.8. The highest BCUT2D eigenvalue weighted by Crippen LogP contribution is 2.09. The van der Waals surface area contributed by atoms with Gasteiger partial charge in [-0.25, -0.2) is 0 Å². The fraction of sp³-hybridized carbons (Fsp3) is 0.375. The molecule has 0 heterocycles. The molecule has 0 aromatic heterocycles. The number of carbonyl (C=O) groups excluding carboxylic acids is 1. The Morgan fingerprint density at radius 1 is 1.77 bits per heavy atom. The fourth-order valence-electron chi connectivity index (χ4n) is 0.993. The number of amides is 1. The van der Waals surface area contributed by atoms with Crippen molar-refractivity contribution in [2.45, 2.75) is 6.42 Å². The molecule has 5 nitrogen and oxygen atoms in total. The highest BCUT2D eigenvalue weighted by molar-refractivity contribution is 5.94. The highest BCUT2D eigenvalue weighted by Gasteiger charge is 2.08. The highest BCUT2D eigenvalue weighted by atomic mass is 16.1. The van der Waals surface area contributed by atoms with Gasteiger partial charge in [0.25, 0.3) is 0 Å². The lowest BCUT2D eigenvalue weighted by Crippen LogP contribution is -2.26. The van der Waals surface area contributed by atoms with Crippen LogP contribution in [0.2, 0.25) is 0 Å². The first kappa shape index (κ1) is 9.35. The van der Waals surface area contributed by atoms with Gasteiger partial charge >= 0.3 is 0 Å². The Morgan fingerprint density at radius 2 is 2.62 bits per heavy atom. The molecule has 5 heteroatoms. The van der Waals surface area contributed by atoms with E-state index in [0.717, 1.165) is 5.57 Å². The normalized spacial score (nSPS) is 13.4. The summed E-state index contributed by atoms with van der Waals surface area (Å²) in [5.74, 6) is -0.0851. The summed E-state index contributed by atoms with van der Waals surface area (Å²) in [6, 6.07) is 0. The van der Waals surface area contributed by atoms with Crippen LogP contribution < -0.4 is 5.32 Å². The van der Waals surface area contributed by atoms with Gasteiger partial charge in [0.1, 0.15) is 0 Å². The summed E-state index contributed by atoms with van der Waals surface area (Å²) in [6.07, 6.45) is 6.24. The molecule has 0 saturated carbocycles. The van der Waals surface area contributed by atoms with Crippen LogP contribution in [0.1, 0.15) is 6.42 Å². The number of nitrogens with zero attached hydrogens (tertiary/aromatic N) is 3. The van der Waals surface area contributed by atoms with E-state index in [1.807, 2.05) is 12.2 Å². The van der Waals surface area contributed by atoms with Gasteiger partial charge < -0.3 is 5.32 Å². The first-order chi connectivity index (χ1) is 6.34. The summed E-state index contributed by atoms with van der Waals surface area (Å²) < 4.78 is 0. The molecule has 1 aliphatic rings. The van der Waals surface area contributed by atoms with E-state index in [0.29, 0.717) is 19.5 Å². The molecule has 1 aliphatic carbocycles. The van der Waals surface area contributed by atoms with Crippen molar-refractivity contribution in [1.29, 1.82) is 0 Å². The summed E-state index contributed by atoms with van der Waals surface area (Å²) in [5, 5.41) is 5.95. The van der Waals surface area contributed by atoms with Crippen molar-refractivity contribution in [2.75, 3.05) is 13.1 Å². The topological polar surface area (TPSA) is 77.9 Å². The number of carbonyl (C=O) groups is 1. The molecule has 0 spiro atoms. The maximum atomic E-state index is 11.3. The molecule has 0 saturated heterocycles. The summed E-state index contributed by atoms with van der Waals surface area (Å²) >= 11 is 0. The number of allylic oxidation sites excluding steroid dienone is 3. The molecule has 1 rings (SSSR count). The number of azide groups is 1. The smallest absolute Gasteiger partial charge is 0.247 e. The summed E-state index contributed by atoms with van der Waals surface area (Å²) in [7, 11) is 0. The Labute approximate surface area is 75.8 Å². The lowest BCUT2D eigenvalue weighted by molar-refractivity contribution is -0.117. The minimum atomic E-state index is -0.0851. The van der Waals surface area contributed by atoms with Gasteiger partial charge in [0.05, 0.1) is 0 Å². The van der Waals surface area contributed by atoms with Gasteiger partial charge in [-0.3, -0.25) is 4.79 Å². The molecule has 0 fully saturated rings. The predicted molar refractivity (Wildman–Crippen MR) is 48.9 cm³/mol. The first-order valence-corrected chi connectivity index (χ1v) is 3.99. The molecule has 0 bridgehead atoms. The van der Waals surface area contributed by atoms with Gasteiger partial charge in [-0.2, -0.15) is 0 Å². The second-order valence-corrected chi connectivity index (χ2v) is 2.53. The van der Waals surface area contributed by atoms with Crippen LogP contribution >= 0.6 is 0 Å². The van der Waals surface area contributed by atoms with Crippen LogP contribution in [0.4, 0.5) is 0 Å². The van der Waals surface area contributed by atoms with E-state index in [9.17, 15) is 4.79 Å². The van der Waals surface area contributed by atoms with E-state index in [2.05, 4.69) is 15.3 Å². The van der Waals surface area contributed by atoms with E-state index in [4.69, 9.17) is 5.53 Å². The van der Waals surface area contributed by atoms with Crippen molar-refractivity contribution < 1.29 is 4.79 Å². The number of rotatable bonds is 4. The van der Waals surface area contributed by atoms with Gasteiger partial charge in [-0.1, -0.05) is 23.3 Å². The molecule has 0 aromatic carbocycles. The van der Waals surface area contributed by atoms with E-state index in [-0.39, 0.29) is 5.91 Å². The maximum absolute atomic E-state index is 11.3. The monoisotopic (exact) mass is 178 g/mol. The Kier molecular flexibility index (Phi) is 3.60. The minimum absolute atomic E-state index is 0.0851. The molecule has 1 N–H and O–H groups in total. The zero-order valence-electron chi connectivity index (χ0n) is 7.10. The quantitative estimate of drug-likeness (QED) is 0.299. The zero-order valence-corrected chi connectivity index (χ0v) is 7.10. The number of hydrogen-bond donors (Lipinski definition) is 1. The maximum Gasteiger partial charge on any atom is 0.247 e. The average molecular weight is 178 g/mol. The summed E-state index contributed by atoms with van der Waals surface area (Å²) in [5.41, 5.74) is 8.72. The molecule has 0 aromatic rings. The first-order valence-electron chi connectivity index (χ1n) is 3.99. The van der Waals surface area contributed by atoms with Crippen molar-refractivity contribution >= 4 is 5.91 Å². The van der Waals surface area contributed by atoms with Gasteiger partial charge in [0, 0.05) is 23.6 Å². The predicted octanol–water partition coefficient (Wildman–Crippen LogP) is 1.30. The van der Waals surface area contributed by atoms with Crippen molar-refractivity contribution in [1.82, 2.24) is 5.32 Å². The van der Waals surface area contributed by atoms with Crippen LogP contribution in [-0.4, -0.2) is 19.0 Å². The van der Waals surface area contributed by atoms with Crippen molar-refractivity contribution in [3.8, 4) is 0 Å².